The van der Waals surface area contributed by atoms with Gasteiger partial charge in [0, 0.05) is 24.2 Å². The lowest BCUT2D eigenvalue weighted by molar-refractivity contribution is 0.0693. The van der Waals surface area contributed by atoms with E-state index in [2.05, 4.69) is 5.16 Å². The lowest BCUT2D eigenvalue weighted by atomic mass is 9.90. The molecule has 0 aliphatic carbocycles. The van der Waals surface area contributed by atoms with Crippen LogP contribution in [0.3, 0.4) is 0 Å². The number of imide groups is 1. The van der Waals surface area contributed by atoms with Gasteiger partial charge >= 0.3 is 0 Å². The zero-order chi connectivity index (χ0) is 20.2. The summed E-state index contributed by atoms with van der Waals surface area (Å²) in [4.78, 5) is 26.5. The summed E-state index contributed by atoms with van der Waals surface area (Å²) in [5, 5.41) is 3.97. The first-order valence-corrected chi connectivity index (χ1v) is 8.61. The number of ether oxygens (including phenoxy) is 1. The minimum atomic E-state index is -0.460. The Balaban J connectivity index is 2.08. The fourth-order valence-electron chi connectivity index (χ4n) is 3.62. The predicted molar refractivity (Wildman–Crippen MR) is 99.8 cm³/mol. The number of hydrogen-bond donors (Lipinski definition) is 0. The van der Waals surface area contributed by atoms with Gasteiger partial charge in [-0.05, 0) is 49.2 Å². The Bertz CT molecular complexity index is 1130. The molecule has 1 aromatic heterocycles. The summed E-state index contributed by atoms with van der Waals surface area (Å²) in [6.07, 6.45) is 0. The van der Waals surface area contributed by atoms with Crippen molar-refractivity contribution < 1.29 is 23.2 Å². The summed E-state index contributed by atoms with van der Waals surface area (Å²) in [6.45, 7) is 3.58. The summed E-state index contributed by atoms with van der Waals surface area (Å²) >= 11 is 0. The van der Waals surface area contributed by atoms with Crippen molar-refractivity contribution in [1.82, 2.24) is 10.1 Å². The minimum Gasteiger partial charge on any atom is -0.496 e. The Labute approximate surface area is 160 Å². The monoisotopic (exact) mass is 380 g/mol. The minimum absolute atomic E-state index is 0.271. The topological polar surface area (TPSA) is 72.6 Å². The number of rotatable bonds is 3. The molecule has 1 aliphatic heterocycles. The molecule has 0 spiro atoms. The molecule has 6 nitrogen and oxygen atoms in total. The first-order valence-electron chi connectivity index (χ1n) is 8.61. The van der Waals surface area contributed by atoms with Gasteiger partial charge in [0.25, 0.3) is 11.8 Å². The highest BCUT2D eigenvalue weighted by atomic mass is 19.1. The van der Waals surface area contributed by atoms with Crippen LogP contribution in [0.25, 0.3) is 22.3 Å². The fourth-order valence-corrected chi connectivity index (χ4v) is 3.62. The maximum absolute atomic E-state index is 13.7. The third kappa shape index (κ3) is 2.51. The smallest absolute Gasteiger partial charge is 0.261 e. The molecule has 0 bridgehead atoms. The molecule has 0 atom stereocenters. The van der Waals surface area contributed by atoms with Gasteiger partial charge < -0.3 is 9.26 Å². The molecule has 3 aromatic rings. The number of fused-ring (bicyclic) bond motifs is 1. The van der Waals surface area contributed by atoms with Crippen molar-refractivity contribution in [2.45, 2.75) is 13.8 Å². The fraction of sp³-hybridized carbons (Fsp3) is 0.190. The number of carbonyl (C=O) groups excluding carboxylic acids is 2. The van der Waals surface area contributed by atoms with Crippen LogP contribution < -0.4 is 4.74 Å². The molecule has 28 heavy (non-hydrogen) atoms. The summed E-state index contributed by atoms with van der Waals surface area (Å²) in [7, 11) is 2.86. The van der Waals surface area contributed by atoms with Crippen molar-refractivity contribution in [1.29, 1.82) is 0 Å². The SMILES string of the molecule is COc1cc(F)ccc1-c1cc(-c2c(C)noc2C)cc2c1C(=O)N(C)C2=O. The van der Waals surface area contributed by atoms with E-state index < -0.39 is 17.6 Å². The van der Waals surface area contributed by atoms with Gasteiger partial charge in [0.15, 0.2) is 0 Å². The van der Waals surface area contributed by atoms with Gasteiger partial charge in [0.05, 0.1) is 23.9 Å². The number of methoxy groups -OCH3 is 1. The predicted octanol–water partition coefficient (Wildman–Crippen LogP) is 4.00. The zero-order valence-electron chi connectivity index (χ0n) is 15.8. The van der Waals surface area contributed by atoms with Gasteiger partial charge in [0.1, 0.15) is 17.3 Å². The molecule has 2 aromatic carbocycles. The van der Waals surface area contributed by atoms with E-state index >= 15 is 0 Å². The maximum atomic E-state index is 13.7. The molecule has 0 fully saturated rings. The van der Waals surface area contributed by atoms with Crippen LogP contribution >= 0.6 is 0 Å². The standard InChI is InChI=1S/C21H17FN2O4/c1-10-18(11(2)28-23-10)12-7-15(14-6-5-13(22)9-17(14)27-4)19-16(8-12)20(25)24(3)21(19)26/h5-9H,1-4H3. The number of nitrogens with zero attached hydrogens (tertiary/aromatic N) is 2. The number of hydrogen-bond acceptors (Lipinski definition) is 5. The third-order valence-corrected chi connectivity index (χ3v) is 4.97. The Morgan fingerprint density at radius 1 is 1.00 bits per heavy atom. The van der Waals surface area contributed by atoms with Crippen LogP contribution in [-0.4, -0.2) is 36.0 Å². The van der Waals surface area contributed by atoms with Gasteiger partial charge in [-0.3, -0.25) is 14.5 Å². The second-order valence-electron chi connectivity index (χ2n) is 6.66. The number of aryl methyl sites for hydroxylation is 2. The summed E-state index contributed by atoms with van der Waals surface area (Å²) in [6, 6.07) is 7.53. The van der Waals surface area contributed by atoms with Gasteiger partial charge in [-0.25, -0.2) is 4.39 Å². The lowest BCUT2D eigenvalue weighted by Crippen LogP contribution is -2.24. The van der Waals surface area contributed by atoms with Crippen molar-refractivity contribution in [2.75, 3.05) is 14.2 Å². The van der Waals surface area contributed by atoms with E-state index in [4.69, 9.17) is 9.26 Å². The van der Waals surface area contributed by atoms with Gasteiger partial charge in [0.2, 0.25) is 0 Å². The number of halogens is 1. The summed E-state index contributed by atoms with van der Waals surface area (Å²) in [5.74, 6) is -0.395. The van der Waals surface area contributed by atoms with Crippen LogP contribution in [0.1, 0.15) is 32.2 Å². The number of carbonyl (C=O) groups is 2. The summed E-state index contributed by atoms with van der Waals surface area (Å²) < 4.78 is 24.3. The molecular weight excluding hydrogens is 363 g/mol. The van der Waals surface area contributed by atoms with Crippen molar-refractivity contribution in [3.05, 3.63) is 58.7 Å². The highest BCUT2D eigenvalue weighted by molar-refractivity contribution is 6.24. The van der Waals surface area contributed by atoms with E-state index in [1.54, 1.807) is 26.0 Å². The molecule has 0 saturated heterocycles. The Kier molecular flexibility index (Phi) is 4.03. The molecule has 0 unspecified atom stereocenters. The molecule has 7 heteroatoms. The Morgan fingerprint density at radius 3 is 2.36 bits per heavy atom. The first-order chi connectivity index (χ1) is 13.3. The largest absolute Gasteiger partial charge is 0.496 e. The van der Waals surface area contributed by atoms with Crippen molar-refractivity contribution in [2.24, 2.45) is 0 Å². The number of amides is 2. The van der Waals surface area contributed by atoms with E-state index in [1.807, 2.05) is 0 Å². The van der Waals surface area contributed by atoms with Crippen LogP contribution in [-0.2, 0) is 0 Å². The average molecular weight is 380 g/mol. The van der Waals surface area contributed by atoms with E-state index in [0.717, 1.165) is 10.5 Å². The molecule has 2 heterocycles. The van der Waals surface area contributed by atoms with Crippen molar-refractivity contribution in [3.8, 4) is 28.0 Å². The molecular formula is C21H17FN2O4. The molecule has 4 rings (SSSR count). The molecule has 0 N–H and O–H groups in total. The van der Waals surface area contributed by atoms with E-state index in [-0.39, 0.29) is 16.9 Å². The quantitative estimate of drug-likeness (QED) is 0.642. The molecule has 0 saturated carbocycles. The Hall–Kier alpha value is -3.48. The van der Waals surface area contributed by atoms with Gasteiger partial charge in [-0.15, -0.1) is 0 Å². The second kappa shape index (κ2) is 6.30. The normalized spacial score (nSPS) is 13.2. The highest BCUT2D eigenvalue weighted by Crippen LogP contribution is 2.41. The molecule has 1 aliphatic rings. The molecule has 2 amide bonds. The second-order valence-corrected chi connectivity index (χ2v) is 6.66. The first kappa shape index (κ1) is 17.9. The van der Waals surface area contributed by atoms with E-state index in [9.17, 15) is 14.0 Å². The zero-order valence-corrected chi connectivity index (χ0v) is 15.8. The van der Waals surface area contributed by atoms with E-state index in [0.29, 0.717) is 28.1 Å². The molecule has 0 radical (unpaired) electrons. The van der Waals surface area contributed by atoms with Crippen LogP contribution in [0.5, 0.6) is 5.75 Å². The lowest BCUT2D eigenvalue weighted by Gasteiger charge is -2.13. The highest BCUT2D eigenvalue weighted by Gasteiger charge is 2.36. The average Bonchev–Trinajstić information content (AvgIpc) is 3.12. The van der Waals surface area contributed by atoms with E-state index in [1.165, 1.54) is 32.4 Å². The van der Waals surface area contributed by atoms with Crippen LogP contribution in [0.4, 0.5) is 4.39 Å². The van der Waals surface area contributed by atoms with Gasteiger partial charge in [-0.1, -0.05) is 5.16 Å². The van der Waals surface area contributed by atoms with Crippen molar-refractivity contribution in [3.63, 3.8) is 0 Å². The number of aromatic nitrogens is 1. The molecule has 142 valence electrons. The Morgan fingerprint density at radius 2 is 1.71 bits per heavy atom. The van der Waals surface area contributed by atoms with Crippen LogP contribution in [0.2, 0.25) is 0 Å². The summed E-state index contributed by atoms with van der Waals surface area (Å²) in [5.41, 5.74) is 3.67. The maximum Gasteiger partial charge on any atom is 0.261 e. The third-order valence-electron chi connectivity index (χ3n) is 4.97. The van der Waals surface area contributed by atoms with Crippen molar-refractivity contribution >= 4 is 11.8 Å². The number of benzene rings is 2. The van der Waals surface area contributed by atoms with Gasteiger partial charge in [-0.2, -0.15) is 0 Å². The van der Waals surface area contributed by atoms with Crippen LogP contribution in [0.15, 0.2) is 34.9 Å². The van der Waals surface area contributed by atoms with Crippen LogP contribution in [0, 0.1) is 19.7 Å².